The fourth-order valence-corrected chi connectivity index (χ4v) is 5.30. The molecule has 3 aromatic carbocycles. The Morgan fingerprint density at radius 3 is 2.22 bits per heavy atom. The number of carbonyl (C=O) groups is 3. The van der Waals surface area contributed by atoms with Crippen LogP contribution in [0, 0.1) is 12.7 Å². The Morgan fingerprint density at radius 1 is 0.919 bits per heavy atom. The van der Waals surface area contributed by atoms with Gasteiger partial charge in [0.15, 0.2) is 0 Å². The van der Waals surface area contributed by atoms with E-state index in [1.807, 2.05) is 37.3 Å². The monoisotopic (exact) mass is 499 g/mol. The first-order valence-corrected chi connectivity index (χ1v) is 12.7. The number of amides is 3. The maximum absolute atomic E-state index is 13.8. The lowest BCUT2D eigenvalue weighted by Gasteiger charge is -2.40. The molecule has 5 rings (SSSR count). The number of aryl methyl sites for hydroxylation is 1. The van der Waals surface area contributed by atoms with Crippen molar-refractivity contribution in [1.29, 1.82) is 0 Å². The normalized spacial score (nSPS) is 18.9. The number of piperidine rings is 1. The van der Waals surface area contributed by atoms with E-state index in [4.69, 9.17) is 0 Å². The van der Waals surface area contributed by atoms with Crippen molar-refractivity contribution in [3.63, 3.8) is 0 Å². The molecular weight excluding hydrogens is 469 g/mol. The number of benzene rings is 3. The molecule has 2 aliphatic heterocycles. The predicted molar refractivity (Wildman–Crippen MR) is 139 cm³/mol. The topological polar surface area (TPSA) is 60.9 Å². The SMILES string of the molecule is Cc1ccc(C(=O)N(C2CCN(Cc3ccccc3)CC2)C2CC(=O)N(c3ccc(F)cc3)C2=O)cc1. The Kier molecular flexibility index (Phi) is 7.15. The van der Waals surface area contributed by atoms with Crippen molar-refractivity contribution in [3.8, 4) is 0 Å². The zero-order chi connectivity index (χ0) is 25.9. The summed E-state index contributed by atoms with van der Waals surface area (Å²) < 4.78 is 13.5. The Hall–Kier alpha value is -3.84. The van der Waals surface area contributed by atoms with Crippen LogP contribution >= 0.6 is 0 Å². The first kappa shape index (κ1) is 24.8. The zero-order valence-electron chi connectivity index (χ0n) is 20.8. The summed E-state index contributed by atoms with van der Waals surface area (Å²) in [6.07, 6.45) is 1.33. The van der Waals surface area contributed by atoms with Gasteiger partial charge in [0, 0.05) is 31.2 Å². The van der Waals surface area contributed by atoms with Gasteiger partial charge in [0.1, 0.15) is 11.9 Å². The standard InChI is InChI=1S/C30H30FN3O3/c1-21-7-9-23(10-8-21)29(36)33(26-15-17-32(18-16-26)20-22-5-3-2-4-6-22)27-19-28(35)34(30(27)37)25-13-11-24(31)12-14-25/h2-14,26-27H,15-20H2,1H3. The maximum atomic E-state index is 13.8. The van der Waals surface area contributed by atoms with Gasteiger partial charge in [-0.1, -0.05) is 48.0 Å². The minimum atomic E-state index is -0.892. The summed E-state index contributed by atoms with van der Waals surface area (Å²) in [6, 6.07) is 21.8. The van der Waals surface area contributed by atoms with Crippen molar-refractivity contribution in [2.45, 2.75) is 44.8 Å². The number of carbonyl (C=O) groups excluding carboxylic acids is 3. The molecule has 7 heteroatoms. The third kappa shape index (κ3) is 5.32. The second kappa shape index (κ2) is 10.6. The molecule has 190 valence electrons. The van der Waals surface area contributed by atoms with E-state index in [9.17, 15) is 18.8 Å². The van der Waals surface area contributed by atoms with Crippen LogP contribution in [-0.2, 0) is 16.1 Å². The van der Waals surface area contributed by atoms with Crippen LogP contribution < -0.4 is 4.90 Å². The average molecular weight is 500 g/mol. The number of imide groups is 1. The van der Waals surface area contributed by atoms with E-state index < -0.39 is 17.8 Å². The van der Waals surface area contributed by atoms with Crippen molar-refractivity contribution < 1.29 is 18.8 Å². The lowest BCUT2D eigenvalue weighted by molar-refractivity contribution is -0.123. The van der Waals surface area contributed by atoms with Gasteiger partial charge in [0.25, 0.3) is 11.8 Å². The maximum Gasteiger partial charge on any atom is 0.257 e. The molecule has 2 aliphatic rings. The molecule has 0 aromatic heterocycles. The number of hydrogen-bond donors (Lipinski definition) is 0. The second-order valence-corrected chi connectivity index (χ2v) is 9.84. The third-order valence-electron chi connectivity index (χ3n) is 7.28. The summed E-state index contributed by atoms with van der Waals surface area (Å²) >= 11 is 0. The number of hydrogen-bond acceptors (Lipinski definition) is 4. The minimum Gasteiger partial charge on any atom is -0.323 e. The number of anilines is 1. The van der Waals surface area contributed by atoms with Gasteiger partial charge < -0.3 is 4.90 Å². The van der Waals surface area contributed by atoms with E-state index >= 15 is 0 Å². The summed E-state index contributed by atoms with van der Waals surface area (Å²) in [5.74, 6) is -1.51. The molecule has 0 bridgehead atoms. The highest BCUT2D eigenvalue weighted by Gasteiger charge is 2.47. The van der Waals surface area contributed by atoms with Gasteiger partial charge in [-0.15, -0.1) is 0 Å². The van der Waals surface area contributed by atoms with E-state index in [0.717, 1.165) is 30.1 Å². The summed E-state index contributed by atoms with van der Waals surface area (Å²) in [5, 5.41) is 0. The van der Waals surface area contributed by atoms with E-state index in [2.05, 4.69) is 17.0 Å². The van der Waals surface area contributed by atoms with Crippen molar-refractivity contribution in [2.24, 2.45) is 0 Å². The van der Waals surface area contributed by atoms with Gasteiger partial charge in [-0.05, 0) is 61.7 Å². The Bertz CT molecular complexity index is 1270. The molecule has 1 atom stereocenters. The minimum absolute atomic E-state index is 0.0853. The largest absolute Gasteiger partial charge is 0.323 e. The quantitative estimate of drug-likeness (QED) is 0.466. The zero-order valence-corrected chi connectivity index (χ0v) is 20.8. The summed E-state index contributed by atoms with van der Waals surface area (Å²) in [4.78, 5) is 45.5. The van der Waals surface area contributed by atoms with Crippen molar-refractivity contribution in [3.05, 3.63) is 101 Å². The summed E-state index contributed by atoms with van der Waals surface area (Å²) in [7, 11) is 0. The van der Waals surface area contributed by atoms with Crippen molar-refractivity contribution in [2.75, 3.05) is 18.0 Å². The molecule has 2 saturated heterocycles. The van der Waals surface area contributed by atoms with Crippen LogP contribution in [0.3, 0.4) is 0 Å². The lowest BCUT2D eigenvalue weighted by atomic mass is 9.98. The number of nitrogens with zero attached hydrogens (tertiary/aromatic N) is 3. The fraction of sp³-hybridized carbons (Fsp3) is 0.300. The highest BCUT2D eigenvalue weighted by atomic mass is 19.1. The van der Waals surface area contributed by atoms with Gasteiger partial charge in [-0.2, -0.15) is 0 Å². The van der Waals surface area contributed by atoms with E-state index in [1.54, 1.807) is 17.0 Å². The lowest BCUT2D eigenvalue weighted by Crippen LogP contribution is -2.54. The van der Waals surface area contributed by atoms with E-state index in [1.165, 1.54) is 29.8 Å². The Balaban J connectivity index is 1.39. The smallest absolute Gasteiger partial charge is 0.257 e. The van der Waals surface area contributed by atoms with Gasteiger partial charge in [0.2, 0.25) is 5.91 Å². The molecule has 0 radical (unpaired) electrons. The van der Waals surface area contributed by atoms with Gasteiger partial charge in [0.05, 0.1) is 12.1 Å². The van der Waals surface area contributed by atoms with Crippen LogP contribution in [0.15, 0.2) is 78.9 Å². The molecule has 0 saturated carbocycles. The third-order valence-corrected chi connectivity index (χ3v) is 7.28. The first-order valence-electron chi connectivity index (χ1n) is 12.7. The van der Waals surface area contributed by atoms with Crippen LogP contribution in [0.25, 0.3) is 0 Å². The van der Waals surface area contributed by atoms with Crippen LogP contribution in [0.1, 0.15) is 40.7 Å². The van der Waals surface area contributed by atoms with E-state index in [-0.39, 0.29) is 24.3 Å². The number of rotatable bonds is 6. The van der Waals surface area contributed by atoms with Gasteiger partial charge >= 0.3 is 0 Å². The molecule has 1 unspecified atom stereocenters. The molecule has 37 heavy (non-hydrogen) atoms. The van der Waals surface area contributed by atoms with Crippen LogP contribution in [0.5, 0.6) is 0 Å². The van der Waals surface area contributed by atoms with Crippen molar-refractivity contribution in [1.82, 2.24) is 9.80 Å². The molecule has 0 spiro atoms. The molecule has 0 aliphatic carbocycles. The molecule has 3 aromatic rings. The van der Waals surface area contributed by atoms with Gasteiger partial charge in [-0.3, -0.25) is 19.3 Å². The molecular formula is C30H30FN3O3. The van der Waals surface area contributed by atoms with Crippen LogP contribution in [0.4, 0.5) is 10.1 Å². The Morgan fingerprint density at radius 2 is 1.57 bits per heavy atom. The molecule has 2 fully saturated rings. The molecule has 2 heterocycles. The predicted octanol–water partition coefficient (Wildman–Crippen LogP) is 4.57. The first-order chi connectivity index (χ1) is 17.9. The highest BCUT2D eigenvalue weighted by molar-refractivity contribution is 6.23. The second-order valence-electron chi connectivity index (χ2n) is 9.84. The molecule has 0 N–H and O–H groups in total. The van der Waals surface area contributed by atoms with Crippen molar-refractivity contribution >= 4 is 23.4 Å². The number of halogens is 1. The molecule has 6 nitrogen and oxygen atoms in total. The Labute approximate surface area is 216 Å². The summed E-state index contributed by atoms with van der Waals surface area (Å²) in [5.41, 5.74) is 3.09. The fourth-order valence-electron chi connectivity index (χ4n) is 5.30. The van der Waals surface area contributed by atoms with Crippen LogP contribution in [0.2, 0.25) is 0 Å². The summed E-state index contributed by atoms with van der Waals surface area (Å²) in [6.45, 7) is 4.36. The molecule has 3 amide bonds. The average Bonchev–Trinajstić information content (AvgIpc) is 3.20. The highest BCUT2D eigenvalue weighted by Crippen LogP contribution is 2.31. The van der Waals surface area contributed by atoms with Crippen LogP contribution in [-0.4, -0.2) is 52.7 Å². The van der Waals surface area contributed by atoms with E-state index in [0.29, 0.717) is 24.1 Å². The number of likely N-dealkylation sites (tertiary alicyclic amines) is 1. The van der Waals surface area contributed by atoms with Gasteiger partial charge in [-0.25, -0.2) is 9.29 Å².